The highest BCUT2D eigenvalue weighted by molar-refractivity contribution is 4.75. The average Bonchev–Trinajstić information content (AvgIpc) is 2.08. The molecule has 1 aliphatic carbocycles. The molecule has 0 heterocycles. The summed E-state index contributed by atoms with van der Waals surface area (Å²) >= 11 is 0. The molecule has 0 unspecified atom stereocenters. The topological polar surface area (TPSA) is 61.3 Å². The van der Waals surface area contributed by atoms with E-state index in [2.05, 4.69) is 6.58 Å². The van der Waals surface area contributed by atoms with Crippen LogP contribution in [0.25, 0.3) is 0 Å². The van der Waals surface area contributed by atoms with E-state index in [0.29, 0.717) is 18.5 Å². The summed E-state index contributed by atoms with van der Waals surface area (Å²) in [7, 11) is 0. The Hall–Kier alpha value is -0.700. The molecule has 0 aromatic carbocycles. The first kappa shape index (κ1) is 10.4. The SMILES string of the molecule is C=C(N)OCCC1CCC(N)CC1. The van der Waals surface area contributed by atoms with E-state index in [1.807, 2.05) is 0 Å². The predicted octanol–water partition coefficient (Wildman–Crippen LogP) is 1.34. The van der Waals surface area contributed by atoms with Crippen LogP contribution in [0.5, 0.6) is 0 Å². The Morgan fingerprint density at radius 2 is 1.92 bits per heavy atom. The standard InChI is InChI=1S/C10H20N2O/c1-8(11)13-7-6-9-2-4-10(12)5-3-9/h9-10H,1-7,11-12H2. The van der Waals surface area contributed by atoms with Gasteiger partial charge in [-0.25, -0.2) is 0 Å². The van der Waals surface area contributed by atoms with Crippen LogP contribution >= 0.6 is 0 Å². The molecule has 1 fully saturated rings. The molecule has 0 spiro atoms. The number of nitrogens with two attached hydrogens (primary N) is 2. The second-order valence-corrected chi connectivity index (χ2v) is 3.88. The zero-order valence-electron chi connectivity index (χ0n) is 8.17. The molecular weight excluding hydrogens is 164 g/mol. The molecule has 4 N–H and O–H groups in total. The number of ether oxygens (including phenoxy) is 1. The van der Waals surface area contributed by atoms with Crippen molar-refractivity contribution in [1.29, 1.82) is 0 Å². The van der Waals surface area contributed by atoms with Gasteiger partial charge in [-0.3, -0.25) is 0 Å². The second-order valence-electron chi connectivity index (χ2n) is 3.88. The van der Waals surface area contributed by atoms with Gasteiger partial charge in [0.1, 0.15) is 0 Å². The third-order valence-electron chi connectivity index (χ3n) is 2.70. The zero-order chi connectivity index (χ0) is 9.68. The van der Waals surface area contributed by atoms with Crippen molar-refractivity contribution >= 4 is 0 Å². The van der Waals surface area contributed by atoms with Crippen LogP contribution in [0.3, 0.4) is 0 Å². The van der Waals surface area contributed by atoms with E-state index in [0.717, 1.165) is 25.2 Å². The van der Waals surface area contributed by atoms with Gasteiger partial charge in [-0.15, -0.1) is 0 Å². The highest BCUT2D eigenvalue weighted by Crippen LogP contribution is 2.25. The van der Waals surface area contributed by atoms with Gasteiger partial charge in [0.15, 0.2) is 5.88 Å². The minimum atomic E-state index is 0.326. The smallest absolute Gasteiger partial charge is 0.176 e. The lowest BCUT2D eigenvalue weighted by Crippen LogP contribution is -2.27. The van der Waals surface area contributed by atoms with Crippen LogP contribution in [0.1, 0.15) is 32.1 Å². The quantitative estimate of drug-likeness (QED) is 0.648. The van der Waals surface area contributed by atoms with E-state index in [1.54, 1.807) is 0 Å². The van der Waals surface area contributed by atoms with Crippen molar-refractivity contribution < 1.29 is 4.74 Å². The summed E-state index contributed by atoms with van der Waals surface area (Å²) in [6.45, 7) is 4.19. The second kappa shape index (κ2) is 5.12. The number of rotatable bonds is 4. The van der Waals surface area contributed by atoms with Gasteiger partial charge in [0.25, 0.3) is 0 Å². The van der Waals surface area contributed by atoms with Crippen LogP contribution in [0, 0.1) is 5.92 Å². The first-order chi connectivity index (χ1) is 6.18. The predicted molar refractivity (Wildman–Crippen MR) is 53.8 cm³/mol. The molecule has 1 aliphatic rings. The summed E-state index contributed by atoms with van der Waals surface area (Å²) in [5.74, 6) is 1.10. The molecule has 3 heteroatoms. The van der Waals surface area contributed by atoms with E-state index >= 15 is 0 Å². The lowest BCUT2D eigenvalue weighted by molar-refractivity contribution is 0.173. The van der Waals surface area contributed by atoms with E-state index in [1.165, 1.54) is 12.8 Å². The van der Waals surface area contributed by atoms with Gasteiger partial charge in [0.2, 0.25) is 0 Å². The Morgan fingerprint density at radius 1 is 1.31 bits per heavy atom. The molecule has 1 rings (SSSR count). The first-order valence-corrected chi connectivity index (χ1v) is 5.01. The molecule has 0 aromatic rings. The van der Waals surface area contributed by atoms with Gasteiger partial charge < -0.3 is 16.2 Å². The van der Waals surface area contributed by atoms with Crippen molar-refractivity contribution in [2.75, 3.05) is 6.61 Å². The molecule has 0 aliphatic heterocycles. The molecule has 1 saturated carbocycles. The average molecular weight is 184 g/mol. The van der Waals surface area contributed by atoms with E-state index in [9.17, 15) is 0 Å². The fraction of sp³-hybridized carbons (Fsp3) is 0.800. The van der Waals surface area contributed by atoms with Crippen molar-refractivity contribution in [2.45, 2.75) is 38.1 Å². The molecule has 0 saturated heterocycles. The fourth-order valence-corrected chi connectivity index (χ4v) is 1.83. The van der Waals surface area contributed by atoms with Gasteiger partial charge in [-0.1, -0.05) is 0 Å². The number of hydrogen-bond acceptors (Lipinski definition) is 3. The highest BCUT2D eigenvalue weighted by Gasteiger charge is 2.17. The molecule has 3 nitrogen and oxygen atoms in total. The molecule has 0 aromatic heterocycles. The Bertz CT molecular complexity index is 162. The van der Waals surface area contributed by atoms with Gasteiger partial charge in [0.05, 0.1) is 6.61 Å². The summed E-state index contributed by atoms with van der Waals surface area (Å²) in [4.78, 5) is 0. The summed E-state index contributed by atoms with van der Waals surface area (Å²) in [5, 5.41) is 0. The Balaban J connectivity index is 2.05. The van der Waals surface area contributed by atoms with Crippen molar-refractivity contribution in [3.63, 3.8) is 0 Å². The zero-order valence-corrected chi connectivity index (χ0v) is 8.17. The summed E-state index contributed by atoms with van der Waals surface area (Å²) < 4.78 is 5.12. The summed E-state index contributed by atoms with van der Waals surface area (Å²) in [6, 6.07) is 0.432. The molecule has 0 amide bonds. The first-order valence-electron chi connectivity index (χ1n) is 5.01. The van der Waals surface area contributed by atoms with Crippen LogP contribution < -0.4 is 11.5 Å². The number of hydrogen-bond donors (Lipinski definition) is 2. The lowest BCUT2D eigenvalue weighted by Gasteiger charge is -2.25. The van der Waals surface area contributed by atoms with Gasteiger partial charge in [0, 0.05) is 6.04 Å². The van der Waals surface area contributed by atoms with Crippen molar-refractivity contribution in [3.05, 3.63) is 12.5 Å². The fourth-order valence-electron chi connectivity index (χ4n) is 1.83. The normalized spacial score (nSPS) is 28.4. The van der Waals surface area contributed by atoms with E-state index in [-0.39, 0.29) is 0 Å². The lowest BCUT2D eigenvalue weighted by atomic mass is 9.85. The monoisotopic (exact) mass is 184 g/mol. The van der Waals surface area contributed by atoms with Gasteiger partial charge >= 0.3 is 0 Å². The third-order valence-corrected chi connectivity index (χ3v) is 2.70. The summed E-state index contributed by atoms with van der Waals surface area (Å²) in [5.41, 5.74) is 11.1. The minimum Gasteiger partial charge on any atom is -0.480 e. The Morgan fingerprint density at radius 3 is 2.46 bits per heavy atom. The van der Waals surface area contributed by atoms with E-state index in [4.69, 9.17) is 16.2 Å². The Kier molecular flexibility index (Phi) is 4.09. The molecule has 0 radical (unpaired) electrons. The molecule has 0 bridgehead atoms. The van der Waals surface area contributed by atoms with Crippen molar-refractivity contribution in [3.8, 4) is 0 Å². The maximum atomic E-state index is 5.81. The van der Waals surface area contributed by atoms with Crippen LogP contribution in [-0.4, -0.2) is 12.6 Å². The van der Waals surface area contributed by atoms with E-state index < -0.39 is 0 Å². The molecule has 76 valence electrons. The maximum absolute atomic E-state index is 5.81. The van der Waals surface area contributed by atoms with Crippen LogP contribution in [0.2, 0.25) is 0 Å². The maximum Gasteiger partial charge on any atom is 0.176 e. The minimum absolute atomic E-state index is 0.326. The largest absolute Gasteiger partial charge is 0.480 e. The molecular formula is C10H20N2O. The van der Waals surface area contributed by atoms with Crippen LogP contribution in [0.4, 0.5) is 0 Å². The molecule has 13 heavy (non-hydrogen) atoms. The Labute approximate surface area is 80.1 Å². The van der Waals surface area contributed by atoms with Crippen LogP contribution in [-0.2, 0) is 4.74 Å². The van der Waals surface area contributed by atoms with Crippen LogP contribution in [0.15, 0.2) is 12.5 Å². The van der Waals surface area contributed by atoms with Gasteiger partial charge in [-0.05, 0) is 44.6 Å². The summed E-state index contributed by atoms with van der Waals surface area (Å²) in [6.07, 6.45) is 5.88. The van der Waals surface area contributed by atoms with Gasteiger partial charge in [-0.2, -0.15) is 0 Å². The van der Waals surface area contributed by atoms with Crippen molar-refractivity contribution in [2.24, 2.45) is 17.4 Å². The highest BCUT2D eigenvalue weighted by atomic mass is 16.5. The molecule has 0 atom stereocenters. The van der Waals surface area contributed by atoms with Crippen molar-refractivity contribution in [1.82, 2.24) is 0 Å². The third kappa shape index (κ3) is 4.18.